The number of rotatable bonds is 5. The maximum atomic E-state index is 12.3. The number of halogens is 2. The minimum absolute atomic E-state index is 0.0165. The van der Waals surface area contributed by atoms with Crippen molar-refractivity contribution in [2.75, 3.05) is 11.8 Å². The molecule has 0 amide bonds. The van der Waals surface area contributed by atoms with Gasteiger partial charge in [0.1, 0.15) is 0 Å². The maximum Gasteiger partial charge on any atom is 0.279 e. The Morgan fingerprint density at radius 2 is 1.95 bits per heavy atom. The number of hydrogen-bond donors (Lipinski definition) is 2. The molecule has 0 bridgehead atoms. The van der Waals surface area contributed by atoms with Crippen LogP contribution in [0.5, 0.6) is 0 Å². The van der Waals surface area contributed by atoms with Gasteiger partial charge in [-0.05, 0) is 52.8 Å². The molecule has 112 valence electrons. The van der Waals surface area contributed by atoms with Crippen molar-refractivity contribution in [1.29, 1.82) is 0 Å². The van der Waals surface area contributed by atoms with Crippen molar-refractivity contribution in [2.24, 2.45) is 0 Å². The molecule has 0 atom stereocenters. The summed E-state index contributed by atoms with van der Waals surface area (Å²) >= 11 is 6.64. The number of hydrogen-bond acceptors (Lipinski definition) is 4. The van der Waals surface area contributed by atoms with E-state index in [1.807, 2.05) is 7.05 Å². The summed E-state index contributed by atoms with van der Waals surface area (Å²) in [6.45, 7) is 0.638. The van der Waals surface area contributed by atoms with Gasteiger partial charge in [0.2, 0.25) is 0 Å². The predicted octanol–water partition coefficient (Wildman–Crippen LogP) is 3.13. The first-order valence-electron chi connectivity index (χ1n) is 6.00. The summed E-state index contributed by atoms with van der Waals surface area (Å²) in [5.41, 5.74) is 1.38. The topological polar surface area (TPSA) is 71.1 Å². The van der Waals surface area contributed by atoms with E-state index in [2.05, 4.69) is 46.9 Å². The smallest absolute Gasteiger partial charge is 0.279 e. The van der Waals surface area contributed by atoms with Gasteiger partial charge in [0.05, 0.1) is 5.69 Å². The second-order valence-corrected chi connectivity index (χ2v) is 7.66. The van der Waals surface area contributed by atoms with E-state index in [9.17, 15) is 8.42 Å². The molecule has 0 aliphatic rings. The minimum atomic E-state index is -3.71. The third kappa shape index (κ3) is 4.26. The lowest BCUT2D eigenvalue weighted by Gasteiger charge is -2.10. The number of benzene rings is 1. The average Bonchev–Trinajstić information content (AvgIpc) is 2.43. The predicted molar refractivity (Wildman–Crippen MR) is 89.7 cm³/mol. The average molecular weight is 435 g/mol. The Morgan fingerprint density at radius 3 is 2.52 bits per heavy atom. The standard InChI is InChI=1S/C13H13Br2N3O2S/c1-16-7-9-2-5-13(17-8-9)21(19,20)18-12-4-3-10(14)6-11(12)15/h2-6,8,16,18H,7H2,1H3. The summed E-state index contributed by atoms with van der Waals surface area (Å²) in [7, 11) is -1.89. The first kappa shape index (κ1) is 16.4. The van der Waals surface area contributed by atoms with Crippen LogP contribution in [0.4, 0.5) is 5.69 Å². The quantitative estimate of drug-likeness (QED) is 0.758. The van der Waals surface area contributed by atoms with Crippen molar-refractivity contribution in [2.45, 2.75) is 11.6 Å². The van der Waals surface area contributed by atoms with E-state index in [1.54, 1.807) is 30.5 Å². The Balaban J connectivity index is 2.25. The number of nitrogens with zero attached hydrogens (tertiary/aromatic N) is 1. The van der Waals surface area contributed by atoms with Gasteiger partial charge < -0.3 is 5.32 Å². The maximum absolute atomic E-state index is 12.3. The van der Waals surface area contributed by atoms with Crippen LogP contribution in [0.15, 0.2) is 50.5 Å². The van der Waals surface area contributed by atoms with Crippen molar-refractivity contribution < 1.29 is 8.42 Å². The molecule has 1 heterocycles. The fraction of sp³-hybridized carbons (Fsp3) is 0.154. The molecule has 1 aromatic carbocycles. The molecule has 2 N–H and O–H groups in total. The van der Waals surface area contributed by atoms with Crippen molar-refractivity contribution >= 4 is 47.6 Å². The van der Waals surface area contributed by atoms with Gasteiger partial charge in [0.15, 0.2) is 5.03 Å². The zero-order chi connectivity index (χ0) is 15.5. The zero-order valence-corrected chi connectivity index (χ0v) is 15.1. The highest BCUT2D eigenvalue weighted by Crippen LogP contribution is 2.27. The van der Waals surface area contributed by atoms with Crippen LogP contribution >= 0.6 is 31.9 Å². The van der Waals surface area contributed by atoms with Gasteiger partial charge in [0.25, 0.3) is 10.0 Å². The normalized spacial score (nSPS) is 11.4. The van der Waals surface area contributed by atoms with E-state index in [0.29, 0.717) is 16.7 Å². The fourth-order valence-corrected chi connectivity index (χ4v) is 3.94. The third-order valence-electron chi connectivity index (χ3n) is 2.63. The molecule has 5 nitrogen and oxygen atoms in total. The van der Waals surface area contributed by atoms with E-state index in [1.165, 1.54) is 6.07 Å². The Labute approximate surface area is 140 Å². The lowest BCUT2D eigenvalue weighted by atomic mass is 10.3. The summed E-state index contributed by atoms with van der Waals surface area (Å²) < 4.78 is 28.6. The van der Waals surface area contributed by atoms with Crippen molar-refractivity contribution in [3.05, 3.63) is 51.0 Å². The van der Waals surface area contributed by atoms with Crippen LogP contribution in [0.2, 0.25) is 0 Å². The molecule has 2 rings (SSSR count). The second-order valence-electron chi connectivity index (χ2n) is 4.26. The van der Waals surface area contributed by atoms with Crippen LogP contribution in [0.25, 0.3) is 0 Å². The number of aromatic nitrogens is 1. The molecule has 0 unspecified atom stereocenters. The van der Waals surface area contributed by atoms with E-state index < -0.39 is 10.0 Å². The molecule has 0 aliphatic heterocycles. The summed E-state index contributed by atoms with van der Waals surface area (Å²) in [5, 5.41) is 2.96. The molecule has 0 radical (unpaired) electrons. The lowest BCUT2D eigenvalue weighted by Crippen LogP contribution is -2.15. The highest BCUT2D eigenvalue weighted by atomic mass is 79.9. The van der Waals surface area contributed by atoms with E-state index >= 15 is 0 Å². The van der Waals surface area contributed by atoms with E-state index in [4.69, 9.17) is 0 Å². The van der Waals surface area contributed by atoms with Crippen LogP contribution in [0.1, 0.15) is 5.56 Å². The van der Waals surface area contributed by atoms with Gasteiger partial charge in [-0.25, -0.2) is 4.98 Å². The van der Waals surface area contributed by atoms with Crippen LogP contribution < -0.4 is 10.0 Å². The highest BCUT2D eigenvalue weighted by molar-refractivity contribution is 9.11. The van der Waals surface area contributed by atoms with Crippen molar-refractivity contribution in [1.82, 2.24) is 10.3 Å². The Kier molecular flexibility index (Phi) is 5.37. The molecule has 21 heavy (non-hydrogen) atoms. The van der Waals surface area contributed by atoms with Gasteiger partial charge >= 0.3 is 0 Å². The molecule has 0 fully saturated rings. The lowest BCUT2D eigenvalue weighted by molar-refractivity contribution is 0.597. The highest BCUT2D eigenvalue weighted by Gasteiger charge is 2.17. The van der Waals surface area contributed by atoms with Crippen molar-refractivity contribution in [3.8, 4) is 0 Å². The van der Waals surface area contributed by atoms with Gasteiger partial charge in [-0.2, -0.15) is 8.42 Å². The van der Waals surface area contributed by atoms with Gasteiger partial charge in [-0.1, -0.05) is 22.0 Å². The van der Waals surface area contributed by atoms with Crippen molar-refractivity contribution in [3.63, 3.8) is 0 Å². The Morgan fingerprint density at radius 1 is 1.19 bits per heavy atom. The molecule has 2 aromatic rings. The summed E-state index contributed by atoms with van der Waals surface area (Å²) in [5.74, 6) is 0. The summed E-state index contributed by atoms with van der Waals surface area (Å²) in [4.78, 5) is 4.00. The molecular formula is C13H13Br2N3O2S. The van der Waals surface area contributed by atoms with E-state index in [-0.39, 0.29) is 5.03 Å². The fourth-order valence-electron chi connectivity index (χ4n) is 1.65. The SMILES string of the molecule is CNCc1ccc(S(=O)(=O)Nc2ccc(Br)cc2Br)nc1. The Bertz CT molecular complexity index is 734. The first-order chi connectivity index (χ1) is 9.92. The number of pyridine rings is 1. The van der Waals surface area contributed by atoms with Gasteiger partial charge in [-0.3, -0.25) is 4.72 Å². The van der Waals surface area contributed by atoms with Crippen LogP contribution in [-0.4, -0.2) is 20.4 Å². The van der Waals surface area contributed by atoms with Crippen LogP contribution in [0, 0.1) is 0 Å². The Hall–Kier alpha value is -0.960. The number of anilines is 1. The molecule has 0 saturated carbocycles. The van der Waals surface area contributed by atoms with E-state index in [0.717, 1.165) is 10.0 Å². The zero-order valence-electron chi connectivity index (χ0n) is 11.1. The first-order valence-corrected chi connectivity index (χ1v) is 9.07. The summed E-state index contributed by atoms with van der Waals surface area (Å²) in [6, 6.07) is 8.41. The molecule has 1 aromatic heterocycles. The number of sulfonamides is 1. The molecule has 8 heteroatoms. The molecule has 0 saturated heterocycles. The number of nitrogens with one attached hydrogen (secondary N) is 2. The molecule has 0 aliphatic carbocycles. The monoisotopic (exact) mass is 433 g/mol. The van der Waals surface area contributed by atoms with Gasteiger partial charge in [0, 0.05) is 21.7 Å². The van der Waals surface area contributed by atoms with Crippen LogP contribution in [0.3, 0.4) is 0 Å². The molecule has 0 spiro atoms. The minimum Gasteiger partial charge on any atom is -0.316 e. The summed E-state index contributed by atoms with van der Waals surface area (Å²) in [6.07, 6.45) is 1.54. The van der Waals surface area contributed by atoms with Crippen LogP contribution in [-0.2, 0) is 16.6 Å². The third-order valence-corrected chi connectivity index (χ3v) is 5.06. The van der Waals surface area contributed by atoms with Gasteiger partial charge in [-0.15, -0.1) is 0 Å². The largest absolute Gasteiger partial charge is 0.316 e. The second kappa shape index (κ2) is 6.87. The molecular weight excluding hydrogens is 422 g/mol.